The van der Waals surface area contributed by atoms with Crippen molar-refractivity contribution in [3.05, 3.63) is 29.6 Å². The van der Waals surface area contributed by atoms with Crippen molar-refractivity contribution >= 4 is 22.6 Å². The standard InChI is InChI=1S/C17H23ClN2/c1-12-7-6-8-13-16(12)20(15(11-18)19-13)14-9-4-5-10-17(14,2)3/h6-8,14H,4-5,9-11H2,1-3H3. The number of nitrogens with zero attached hydrogens (tertiary/aromatic N) is 2. The fourth-order valence-electron chi connectivity index (χ4n) is 3.75. The van der Waals surface area contributed by atoms with Gasteiger partial charge in [0.25, 0.3) is 0 Å². The summed E-state index contributed by atoms with van der Waals surface area (Å²) in [6.07, 6.45) is 5.16. The van der Waals surface area contributed by atoms with Gasteiger partial charge in [-0.15, -0.1) is 11.6 Å². The second-order valence-electron chi connectivity index (χ2n) is 6.72. The minimum absolute atomic E-state index is 0.314. The van der Waals surface area contributed by atoms with Crippen molar-refractivity contribution in [1.82, 2.24) is 9.55 Å². The summed E-state index contributed by atoms with van der Waals surface area (Å²) in [5.41, 5.74) is 3.98. The Bertz CT molecular complexity index is 627. The zero-order valence-corrected chi connectivity index (χ0v) is 13.4. The summed E-state index contributed by atoms with van der Waals surface area (Å²) in [6, 6.07) is 6.87. The molecular weight excluding hydrogens is 268 g/mol. The van der Waals surface area contributed by atoms with E-state index in [2.05, 4.69) is 43.5 Å². The van der Waals surface area contributed by atoms with Crippen LogP contribution in [0, 0.1) is 12.3 Å². The van der Waals surface area contributed by atoms with E-state index < -0.39 is 0 Å². The molecule has 0 radical (unpaired) electrons. The van der Waals surface area contributed by atoms with Gasteiger partial charge in [0, 0.05) is 6.04 Å². The van der Waals surface area contributed by atoms with Crippen molar-refractivity contribution in [3.63, 3.8) is 0 Å². The molecule has 0 spiro atoms. The van der Waals surface area contributed by atoms with Crippen LogP contribution >= 0.6 is 11.6 Å². The van der Waals surface area contributed by atoms with Gasteiger partial charge in [-0.1, -0.05) is 38.8 Å². The number of aryl methyl sites for hydroxylation is 1. The van der Waals surface area contributed by atoms with E-state index in [9.17, 15) is 0 Å². The van der Waals surface area contributed by atoms with Gasteiger partial charge in [-0.3, -0.25) is 0 Å². The van der Waals surface area contributed by atoms with Crippen LogP contribution in [0.1, 0.15) is 57.0 Å². The van der Waals surface area contributed by atoms with Gasteiger partial charge in [-0.2, -0.15) is 0 Å². The predicted molar refractivity (Wildman–Crippen MR) is 85.3 cm³/mol. The van der Waals surface area contributed by atoms with Crippen LogP contribution in [-0.4, -0.2) is 9.55 Å². The van der Waals surface area contributed by atoms with Gasteiger partial charge < -0.3 is 4.57 Å². The highest BCUT2D eigenvalue weighted by Crippen LogP contribution is 2.45. The van der Waals surface area contributed by atoms with E-state index in [1.165, 1.54) is 36.8 Å². The van der Waals surface area contributed by atoms with Gasteiger partial charge in [0.15, 0.2) is 0 Å². The lowest BCUT2D eigenvalue weighted by atomic mass is 9.73. The maximum absolute atomic E-state index is 6.18. The molecule has 0 N–H and O–H groups in total. The van der Waals surface area contributed by atoms with Crippen LogP contribution in [0.4, 0.5) is 0 Å². The number of para-hydroxylation sites is 1. The number of halogens is 1. The first kappa shape index (κ1) is 13.9. The molecule has 1 saturated carbocycles. The number of hydrogen-bond donors (Lipinski definition) is 0. The highest BCUT2D eigenvalue weighted by atomic mass is 35.5. The quantitative estimate of drug-likeness (QED) is 0.693. The van der Waals surface area contributed by atoms with Crippen LogP contribution in [0.3, 0.4) is 0 Å². The number of alkyl halides is 1. The molecule has 1 aliphatic rings. The minimum Gasteiger partial charge on any atom is -0.323 e. The maximum Gasteiger partial charge on any atom is 0.125 e. The number of fused-ring (bicyclic) bond motifs is 1. The Balaban J connectivity index is 2.23. The third-order valence-corrected chi connectivity index (χ3v) is 5.11. The third kappa shape index (κ3) is 2.14. The van der Waals surface area contributed by atoms with Crippen LogP contribution in [0.25, 0.3) is 11.0 Å². The van der Waals surface area contributed by atoms with Gasteiger partial charge >= 0.3 is 0 Å². The van der Waals surface area contributed by atoms with E-state index >= 15 is 0 Å². The van der Waals surface area contributed by atoms with Crippen LogP contribution in [0.2, 0.25) is 0 Å². The Morgan fingerprint density at radius 3 is 2.85 bits per heavy atom. The average Bonchev–Trinajstić information content (AvgIpc) is 2.78. The molecule has 0 saturated heterocycles. The van der Waals surface area contributed by atoms with E-state index in [-0.39, 0.29) is 0 Å². The summed E-state index contributed by atoms with van der Waals surface area (Å²) in [7, 11) is 0. The monoisotopic (exact) mass is 290 g/mol. The molecule has 1 fully saturated rings. The maximum atomic E-state index is 6.18. The van der Waals surface area contributed by atoms with Crippen LogP contribution in [0.5, 0.6) is 0 Å². The van der Waals surface area contributed by atoms with Crippen molar-refractivity contribution in [2.24, 2.45) is 5.41 Å². The van der Waals surface area contributed by atoms with Crippen LogP contribution < -0.4 is 0 Å². The minimum atomic E-state index is 0.314. The van der Waals surface area contributed by atoms with Gasteiger partial charge in [0.1, 0.15) is 5.82 Å². The molecule has 1 aromatic carbocycles. The molecule has 0 amide bonds. The van der Waals surface area contributed by atoms with Crippen molar-refractivity contribution in [3.8, 4) is 0 Å². The van der Waals surface area contributed by atoms with Gasteiger partial charge in [0.2, 0.25) is 0 Å². The lowest BCUT2D eigenvalue weighted by Gasteiger charge is -2.40. The molecule has 20 heavy (non-hydrogen) atoms. The van der Waals surface area contributed by atoms with Gasteiger partial charge in [0.05, 0.1) is 16.9 Å². The van der Waals surface area contributed by atoms with E-state index in [0.29, 0.717) is 17.3 Å². The van der Waals surface area contributed by atoms with E-state index in [1.54, 1.807) is 0 Å². The third-order valence-electron chi connectivity index (χ3n) is 4.87. The van der Waals surface area contributed by atoms with Crippen molar-refractivity contribution < 1.29 is 0 Å². The molecule has 1 aliphatic carbocycles. The Labute approximate surface area is 126 Å². The zero-order chi connectivity index (χ0) is 14.3. The second kappa shape index (κ2) is 5.07. The molecule has 1 unspecified atom stereocenters. The molecule has 1 atom stereocenters. The fourth-order valence-corrected chi connectivity index (χ4v) is 3.94. The summed E-state index contributed by atoms with van der Waals surface area (Å²) < 4.78 is 2.44. The normalized spacial score (nSPS) is 22.3. The Morgan fingerprint density at radius 1 is 1.35 bits per heavy atom. The highest BCUT2D eigenvalue weighted by molar-refractivity contribution is 6.16. The zero-order valence-electron chi connectivity index (χ0n) is 12.6. The molecule has 0 bridgehead atoms. The van der Waals surface area contributed by atoms with E-state index in [0.717, 1.165) is 11.3 Å². The first-order chi connectivity index (χ1) is 9.54. The SMILES string of the molecule is Cc1cccc2nc(CCl)n(C3CCCCC3(C)C)c12. The fraction of sp³-hybridized carbons (Fsp3) is 0.588. The molecule has 2 aromatic rings. The molecule has 3 rings (SSSR count). The number of aromatic nitrogens is 2. The summed E-state index contributed by atoms with van der Waals surface area (Å²) >= 11 is 6.18. The second-order valence-corrected chi connectivity index (χ2v) is 6.99. The molecule has 0 aliphatic heterocycles. The smallest absolute Gasteiger partial charge is 0.125 e. The Morgan fingerprint density at radius 2 is 2.15 bits per heavy atom. The number of benzene rings is 1. The summed E-state index contributed by atoms with van der Waals surface area (Å²) in [6.45, 7) is 6.95. The van der Waals surface area contributed by atoms with E-state index in [1.807, 2.05) is 0 Å². The molecule has 1 heterocycles. The number of imidazole rings is 1. The highest BCUT2D eigenvalue weighted by Gasteiger charge is 2.35. The average molecular weight is 291 g/mol. The molecule has 3 heteroatoms. The Hall–Kier alpha value is -1.02. The molecule has 108 valence electrons. The summed E-state index contributed by atoms with van der Waals surface area (Å²) in [5.74, 6) is 1.51. The van der Waals surface area contributed by atoms with Crippen molar-refractivity contribution in [2.45, 2.75) is 58.4 Å². The lowest BCUT2D eigenvalue weighted by molar-refractivity contribution is 0.145. The predicted octanol–water partition coefficient (Wildman–Crippen LogP) is 5.22. The number of rotatable bonds is 2. The first-order valence-electron chi connectivity index (χ1n) is 7.57. The van der Waals surface area contributed by atoms with Crippen molar-refractivity contribution in [2.75, 3.05) is 0 Å². The first-order valence-corrected chi connectivity index (χ1v) is 8.10. The van der Waals surface area contributed by atoms with Gasteiger partial charge in [-0.05, 0) is 36.8 Å². The van der Waals surface area contributed by atoms with Crippen molar-refractivity contribution in [1.29, 1.82) is 0 Å². The number of hydrogen-bond acceptors (Lipinski definition) is 1. The molecular formula is C17H23ClN2. The van der Waals surface area contributed by atoms with Gasteiger partial charge in [-0.25, -0.2) is 4.98 Å². The lowest BCUT2D eigenvalue weighted by Crippen LogP contribution is -2.31. The van der Waals surface area contributed by atoms with Crippen LogP contribution in [-0.2, 0) is 5.88 Å². The molecule has 2 nitrogen and oxygen atoms in total. The topological polar surface area (TPSA) is 17.8 Å². The Kier molecular flexibility index (Phi) is 3.53. The van der Waals surface area contributed by atoms with E-state index in [4.69, 9.17) is 16.6 Å². The van der Waals surface area contributed by atoms with Crippen LogP contribution in [0.15, 0.2) is 18.2 Å². The largest absolute Gasteiger partial charge is 0.323 e. The summed E-state index contributed by atoms with van der Waals surface area (Å²) in [5, 5.41) is 0. The summed E-state index contributed by atoms with van der Waals surface area (Å²) in [4.78, 5) is 4.76. The molecule has 1 aromatic heterocycles.